The fourth-order valence-electron chi connectivity index (χ4n) is 1.94. The minimum Gasteiger partial charge on any atom is -0.478 e. The summed E-state index contributed by atoms with van der Waals surface area (Å²) >= 11 is 0. The number of carbonyl (C=O) groups is 1. The van der Waals surface area contributed by atoms with Crippen LogP contribution in [0, 0.1) is 5.82 Å². The van der Waals surface area contributed by atoms with Crippen LogP contribution in [0.2, 0.25) is 0 Å². The van der Waals surface area contributed by atoms with Gasteiger partial charge in [0.25, 0.3) is 0 Å². The number of nitrogens with zero attached hydrogens (tertiary/aromatic N) is 3. The van der Waals surface area contributed by atoms with Gasteiger partial charge in [0.1, 0.15) is 5.82 Å². The quantitative estimate of drug-likeness (QED) is 0.742. The fraction of sp³-hybridized carbons (Fsp3) is 0. The number of aromatic nitrogens is 3. The molecule has 0 aliphatic heterocycles. The Hall–Kier alpha value is -2.96. The molecule has 3 aromatic rings. The average molecular weight is 272 g/mol. The predicted octanol–water partition coefficient (Wildman–Crippen LogP) is 1.82. The second kappa shape index (κ2) is 4.30. The molecule has 0 amide bonds. The number of fused-ring (bicyclic) bond motifs is 1. The number of halogens is 1. The molecule has 0 radical (unpaired) electrons. The van der Waals surface area contributed by atoms with Gasteiger partial charge in [-0.25, -0.2) is 13.7 Å². The maximum atomic E-state index is 13.7. The first-order valence-corrected chi connectivity index (χ1v) is 5.70. The highest BCUT2D eigenvalue weighted by molar-refractivity contribution is 5.88. The largest absolute Gasteiger partial charge is 0.478 e. The lowest BCUT2D eigenvalue weighted by molar-refractivity contribution is 0.0692. The van der Waals surface area contributed by atoms with Crippen LogP contribution in [0.1, 0.15) is 10.4 Å². The molecule has 0 saturated carbocycles. The van der Waals surface area contributed by atoms with Crippen LogP contribution >= 0.6 is 0 Å². The summed E-state index contributed by atoms with van der Waals surface area (Å²) in [6, 6.07) is 7.37. The Kier molecular flexibility index (Phi) is 2.60. The van der Waals surface area contributed by atoms with Crippen molar-refractivity contribution in [2.24, 2.45) is 0 Å². The molecule has 0 bridgehead atoms. The minimum absolute atomic E-state index is 0.148. The molecular formula is C13H9FN4O2. The fourth-order valence-corrected chi connectivity index (χ4v) is 1.94. The molecule has 3 N–H and O–H groups in total. The topological polar surface area (TPSA) is 93.5 Å². The molecule has 2 aromatic heterocycles. The number of benzene rings is 1. The van der Waals surface area contributed by atoms with Gasteiger partial charge >= 0.3 is 5.97 Å². The summed E-state index contributed by atoms with van der Waals surface area (Å²) in [7, 11) is 0. The third-order valence-electron chi connectivity index (χ3n) is 2.88. The number of hydrogen-bond donors (Lipinski definition) is 2. The molecule has 0 unspecified atom stereocenters. The number of rotatable bonds is 2. The van der Waals surface area contributed by atoms with Crippen molar-refractivity contribution in [3.05, 3.63) is 47.9 Å². The Morgan fingerprint density at radius 1 is 1.25 bits per heavy atom. The van der Waals surface area contributed by atoms with E-state index in [1.165, 1.54) is 22.7 Å². The summed E-state index contributed by atoms with van der Waals surface area (Å²) < 4.78 is 15.1. The lowest BCUT2D eigenvalue weighted by Gasteiger charge is -2.04. The molecule has 1 aromatic carbocycles. The van der Waals surface area contributed by atoms with Gasteiger partial charge in [0.05, 0.1) is 5.56 Å². The summed E-state index contributed by atoms with van der Waals surface area (Å²) in [6.45, 7) is 0. The molecule has 0 atom stereocenters. The zero-order valence-electron chi connectivity index (χ0n) is 10.1. The van der Waals surface area contributed by atoms with Crippen molar-refractivity contribution in [3.8, 4) is 11.1 Å². The van der Waals surface area contributed by atoms with Crippen molar-refractivity contribution in [2.45, 2.75) is 0 Å². The number of nitrogens with two attached hydrogens (primary N) is 1. The van der Waals surface area contributed by atoms with Crippen LogP contribution in [0.3, 0.4) is 0 Å². The number of pyridine rings is 1. The minimum atomic E-state index is -1.30. The van der Waals surface area contributed by atoms with Crippen molar-refractivity contribution in [1.29, 1.82) is 0 Å². The van der Waals surface area contributed by atoms with E-state index in [1.807, 2.05) is 0 Å². The molecule has 2 heterocycles. The molecule has 100 valence electrons. The number of carboxylic acids is 1. The van der Waals surface area contributed by atoms with Crippen molar-refractivity contribution < 1.29 is 14.3 Å². The van der Waals surface area contributed by atoms with E-state index in [4.69, 9.17) is 10.8 Å². The second-order valence-electron chi connectivity index (χ2n) is 4.19. The van der Waals surface area contributed by atoms with Crippen molar-refractivity contribution in [1.82, 2.24) is 14.6 Å². The molecule has 6 nitrogen and oxygen atoms in total. The molecule has 3 rings (SSSR count). The first-order valence-electron chi connectivity index (χ1n) is 5.70. The van der Waals surface area contributed by atoms with Crippen molar-refractivity contribution >= 4 is 17.6 Å². The van der Waals surface area contributed by atoms with Gasteiger partial charge in [0.15, 0.2) is 5.65 Å². The Balaban J connectivity index is 2.10. The summed E-state index contributed by atoms with van der Waals surface area (Å²) in [5.41, 5.74) is 6.93. The van der Waals surface area contributed by atoms with Crippen LogP contribution in [0.4, 0.5) is 10.3 Å². The number of aromatic carboxylic acids is 1. The highest BCUT2D eigenvalue weighted by Crippen LogP contribution is 2.22. The summed E-state index contributed by atoms with van der Waals surface area (Å²) in [4.78, 5) is 14.8. The van der Waals surface area contributed by atoms with Crippen LogP contribution in [0.15, 0.2) is 36.5 Å². The van der Waals surface area contributed by atoms with Gasteiger partial charge in [-0.05, 0) is 29.8 Å². The van der Waals surface area contributed by atoms with Crippen LogP contribution in [0.25, 0.3) is 16.8 Å². The van der Waals surface area contributed by atoms with Gasteiger partial charge in [-0.2, -0.15) is 4.98 Å². The van der Waals surface area contributed by atoms with Gasteiger partial charge in [-0.15, -0.1) is 5.10 Å². The Morgan fingerprint density at radius 2 is 2.00 bits per heavy atom. The molecule has 0 saturated heterocycles. The highest BCUT2D eigenvalue weighted by Gasteiger charge is 2.11. The molecule has 20 heavy (non-hydrogen) atoms. The molecule has 0 aliphatic rings. The van der Waals surface area contributed by atoms with Crippen LogP contribution in [0.5, 0.6) is 0 Å². The van der Waals surface area contributed by atoms with Crippen molar-refractivity contribution in [2.75, 3.05) is 5.73 Å². The number of nitrogen functional groups attached to an aromatic ring is 1. The maximum absolute atomic E-state index is 13.7. The monoisotopic (exact) mass is 272 g/mol. The van der Waals surface area contributed by atoms with E-state index in [0.717, 1.165) is 0 Å². The normalized spacial score (nSPS) is 10.8. The first kappa shape index (κ1) is 12.1. The van der Waals surface area contributed by atoms with Gasteiger partial charge in [0.2, 0.25) is 5.95 Å². The second-order valence-corrected chi connectivity index (χ2v) is 4.19. The average Bonchev–Trinajstić information content (AvgIpc) is 2.77. The molecule has 0 aliphatic carbocycles. The van der Waals surface area contributed by atoms with E-state index in [9.17, 15) is 9.18 Å². The molecule has 0 spiro atoms. The van der Waals surface area contributed by atoms with E-state index in [1.54, 1.807) is 18.3 Å². The van der Waals surface area contributed by atoms with E-state index in [0.29, 0.717) is 16.8 Å². The molecule has 0 fully saturated rings. The van der Waals surface area contributed by atoms with Gasteiger partial charge in [0, 0.05) is 11.8 Å². The number of anilines is 1. The van der Waals surface area contributed by atoms with Gasteiger partial charge in [-0.1, -0.05) is 6.07 Å². The number of hydrogen-bond acceptors (Lipinski definition) is 4. The third kappa shape index (κ3) is 1.95. The van der Waals surface area contributed by atoms with E-state index in [2.05, 4.69) is 10.1 Å². The molecule has 7 heteroatoms. The van der Waals surface area contributed by atoms with E-state index < -0.39 is 11.8 Å². The Bertz CT molecular complexity index is 828. The summed E-state index contributed by atoms with van der Waals surface area (Å²) in [6.07, 6.45) is 1.65. The van der Waals surface area contributed by atoms with Gasteiger partial charge < -0.3 is 10.8 Å². The Morgan fingerprint density at radius 3 is 2.70 bits per heavy atom. The summed E-state index contributed by atoms with van der Waals surface area (Å²) in [5.74, 6) is -1.93. The zero-order chi connectivity index (χ0) is 14.3. The zero-order valence-corrected chi connectivity index (χ0v) is 10.1. The van der Waals surface area contributed by atoms with Crippen molar-refractivity contribution in [3.63, 3.8) is 0 Å². The SMILES string of the molecule is Nc1nc2ccc(-c3ccc(C(=O)O)c(F)c3)cn2n1. The van der Waals surface area contributed by atoms with E-state index >= 15 is 0 Å². The lowest BCUT2D eigenvalue weighted by atomic mass is 10.1. The highest BCUT2D eigenvalue weighted by atomic mass is 19.1. The predicted molar refractivity (Wildman–Crippen MR) is 69.8 cm³/mol. The Labute approximate surface area is 112 Å². The maximum Gasteiger partial charge on any atom is 0.338 e. The van der Waals surface area contributed by atoms with Crippen LogP contribution in [-0.4, -0.2) is 25.7 Å². The van der Waals surface area contributed by atoms with E-state index in [-0.39, 0.29) is 11.5 Å². The lowest BCUT2D eigenvalue weighted by Crippen LogP contribution is -2.00. The standard InChI is InChI=1S/C13H9FN4O2/c14-10-5-7(1-3-9(10)12(19)20)8-2-4-11-16-13(15)17-18(11)6-8/h1-6H,(H2,15,17)(H,19,20). The summed E-state index contributed by atoms with van der Waals surface area (Å²) in [5, 5.41) is 12.8. The molecular weight excluding hydrogens is 263 g/mol. The smallest absolute Gasteiger partial charge is 0.338 e. The number of carboxylic acid groups (broad SMARTS) is 1. The first-order chi connectivity index (χ1) is 9.54. The third-order valence-corrected chi connectivity index (χ3v) is 2.88. The van der Waals surface area contributed by atoms with Crippen LogP contribution < -0.4 is 5.73 Å². The van der Waals surface area contributed by atoms with Gasteiger partial charge in [-0.3, -0.25) is 0 Å². The van der Waals surface area contributed by atoms with Crippen LogP contribution in [-0.2, 0) is 0 Å².